The van der Waals surface area contributed by atoms with E-state index in [0.717, 1.165) is 37.0 Å². The van der Waals surface area contributed by atoms with Gasteiger partial charge in [0.15, 0.2) is 0 Å². The van der Waals surface area contributed by atoms with Gasteiger partial charge in [-0.25, -0.2) is 13.2 Å². The molecule has 0 aliphatic carbocycles. The molecule has 1 heterocycles. The third-order valence-electron chi connectivity index (χ3n) is 2.28. The number of esters is 1. The molecule has 1 aromatic heterocycles. The maximum absolute atomic E-state index is 11.6. The number of hydrogen-bond acceptors (Lipinski definition) is 5. The molecule has 0 amide bonds. The minimum Gasteiger partial charge on any atom is -0.462 e. The fraction of sp³-hybridized carbons (Fsp3) is 0.545. The lowest BCUT2D eigenvalue weighted by atomic mass is 10.2. The molecule has 0 atom stereocenters. The highest BCUT2D eigenvalue weighted by Gasteiger charge is 2.17. The quantitative estimate of drug-likeness (QED) is 0.440. The van der Waals surface area contributed by atoms with Gasteiger partial charge in [0, 0.05) is 16.1 Å². The van der Waals surface area contributed by atoms with Crippen molar-refractivity contribution in [2.75, 3.05) is 6.61 Å². The van der Waals surface area contributed by atoms with Gasteiger partial charge >= 0.3 is 5.97 Å². The zero-order valence-corrected chi connectivity index (χ0v) is 12.4. The highest BCUT2D eigenvalue weighted by Crippen LogP contribution is 2.24. The van der Waals surface area contributed by atoms with E-state index < -0.39 is 15.0 Å². The molecular formula is C11H15ClO4S2. The molecule has 0 fully saturated rings. The first-order valence-electron chi connectivity index (χ1n) is 5.65. The van der Waals surface area contributed by atoms with Gasteiger partial charge in [-0.3, -0.25) is 0 Å². The minimum atomic E-state index is -3.77. The third kappa shape index (κ3) is 4.96. The van der Waals surface area contributed by atoms with E-state index in [1.54, 1.807) is 0 Å². The Bertz CT molecular complexity index is 493. The first-order valence-corrected chi connectivity index (χ1v) is 8.84. The molecule has 0 unspecified atom stereocenters. The number of carbonyl (C=O) groups excluding carboxylic acids is 1. The second-order valence-electron chi connectivity index (χ2n) is 3.79. The van der Waals surface area contributed by atoms with Gasteiger partial charge in [-0.15, -0.1) is 11.3 Å². The number of thiophene rings is 1. The largest absolute Gasteiger partial charge is 0.462 e. The van der Waals surface area contributed by atoms with Crippen molar-refractivity contribution in [2.24, 2.45) is 0 Å². The first-order chi connectivity index (χ1) is 8.45. The fourth-order valence-corrected chi connectivity index (χ4v) is 3.26. The van der Waals surface area contributed by atoms with Gasteiger partial charge in [-0.1, -0.05) is 26.2 Å². The summed E-state index contributed by atoms with van der Waals surface area (Å²) in [4.78, 5) is 11.6. The van der Waals surface area contributed by atoms with Crippen molar-refractivity contribution in [3.8, 4) is 0 Å². The van der Waals surface area contributed by atoms with Gasteiger partial charge < -0.3 is 4.74 Å². The maximum Gasteiger partial charge on any atom is 0.339 e. The Morgan fingerprint density at radius 1 is 1.39 bits per heavy atom. The standard InChI is InChI=1S/C11H15ClO4S2/c1-2-3-4-5-6-16-11(13)9-7-10(17-8-9)18(12,14)15/h7-8H,2-6H2,1H3. The lowest BCUT2D eigenvalue weighted by Crippen LogP contribution is -2.05. The molecule has 7 heteroatoms. The van der Waals surface area contributed by atoms with E-state index in [0.29, 0.717) is 6.61 Å². The van der Waals surface area contributed by atoms with E-state index in [2.05, 4.69) is 6.92 Å². The Labute approximate surface area is 115 Å². The van der Waals surface area contributed by atoms with Crippen LogP contribution in [0.2, 0.25) is 0 Å². The molecule has 4 nitrogen and oxygen atoms in total. The van der Waals surface area contributed by atoms with Crippen molar-refractivity contribution in [1.29, 1.82) is 0 Å². The number of carbonyl (C=O) groups is 1. The van der Waals surface area contributed by atoms with Crippen LogP contribution in [0.1, 0.15) is 43.0 Å². The predicted molar refractivity (Wildman–Crippen MR) is 71.8 cm³/mol. The summed E-state index contributed by atoms with van der Waals surface area (Å²) in [6.45, 7) is 2.46. The molecule has 102 valence electrons. The summed E-state index contributed by atoms with van der Waals surface area (Å²) in [6, 6.07) is 1.24. The molecule has 1 rings (SSSR count). The fourth-order valence-electron chi connectivity index (χ4n) is 1.33. The van der Waals surface area contributed by atoms with Crippen LogP contribution in [0.25, 0.3) is 0 Å². The van der Waals surface area contributed by atoms with Gasteiger partial charge in [-0.05, 0) is 12.5 Å². The maximum atomic E-state index is 11.6. The number of halogens is 1. The number of ether oxygens (including phenoxy) is 1. The molecule has 1 aromatic rings. The normalized spacial score (nSPS) is 11.4. The van der Waals surface area contributed by atoms with Crippen LogP contribution < -0.4 is 0 Å². The van der Waals surface area contributed by atoms with Crippen LogP contribution in [0.3, 0.4) is 0 Å². The van der Waals surface area contributed by atoms with Crippen LogP contribution in [0, 0.1) is 0 Å². The van der Waals surface area contributed by atoms with E-state index >= 15 is 0 Å². The second kappa shape index (κ2) is 7.11. The van der Waals surface area contributed by atoms with Crippen LogP contribution in [-0.2, 0) is 13.8 Å². The van der Waals surface area contributed by atoms with Gasteiger partial charge in [0.25, 0.3) is 9.05 Å². The summed E-state index contributed by atoms with van der Waals surface area (Å²) in [5, 5.41) is 1.43. The monoisotopic (exact) mass is 310 g/mol. The lowest BCUT2D eigenvalue weighted by Gasteiger charge is -2.02. The minimum absolute atomic E-state index is 0.0397. The average Bonchev–Trinajstić information content (AvgIpc) is 2.77. The van der Waals surface area contributed by atoms with Crippen molar-refractivity contribution in [3.05, 3.63) is 17.0 Å². The Morgan fingerprint density at radius 2 is 2.11 bits per heavy atom. The smallest absolute Gasteiger partial charge is 0.339 e. The zero-order valence-electron chi connectivity index (χ0n) is 10.0. The molecule has 0 aliphatic rings. The van der Waals surface area contributed by atoms with E-state index in [1.807, 2.05) is 0 Å². The van der Waals surface area contributed by atoms with E-state index in [1.165, 1.54) is 11.4 Å². The SMILES string of the molecule is CCCCCCOC(=O)c1csc(S(=O)(=O)Cl)c1. The topological polar surface area (TPSA) is 60.4 Å². The van der Waals surface area contributed by atoms with Crippen molar-refractivity contribution in [3.63, 3.8) is 0 Å². The first kappa shape index (κ1) is 15.5. The molecule has 0 saturated heterocycles. The van der Waals surface area contributed by atoms with Crippen LogP contribution in [0.5, 0.6) is 0 Å². The highest BCUT2D eigenvalue weighted by molar-refractivity contribution is 8.15. The van der Waals surface area contributed by atoms with Gasteiger partial charge in [-0.2, -0.15) is 0 Å². The molecule has 0 radical (unpaired) electrons. The Kier molecular flexibility index (Phi) is 6.11. The number of rotatable bonds is 7. The van der Waals surface area contributed by atoms with Crippen molar-refractivity contribution in [2.45, 2.75) is 36.8 Å². The molecular weight excluding hydrogens is 296 g/mol. The van der Waals surface area contributed by atoms with Crippen LogP contribution >= 0.6 is 22.0 Å². The summed E-state index contributed by atoms with van der Waals surface area (Å²) in [5.74, 6) is -0.505. The van der Waals surface area contributed by atoms with Gasteiger partial charge in [0.2, 0.25) is 0 Å². The Morgan fingerprint density at radius 3 is 2.67 bits per heavy atom. The summed E-state index contributed by atoms with van der Waals surface area (Å²) in [6.07, 6.45) is 4.08. The van der Waals surface area contributed by atoms with E-state index in [-0.39, 0.29) is 9.77 Å². The predicted octanol–water partition coefficient (Wildman–Crippen LogP) is 3.41. The molecule has 18 heavy (non-hydrogen) atoms. The van der Waals surface area contributed by atoms with Gasteiger partial charge in [0.1, 0.15) is 4.21 Å². The second-order valence-corrected chi connectivity index (χ2v) is 7.49. The van der Waals surface area contributed by atoms with Crippen molar-refractivity contribution >= 4 is 37.0 Å². The molecule has 0 aliphatic heterocycles. The molecule has 0 aromatic carbocycles. The van der Waals surface area contributed by atoms with Crippen LogP contribution in [0.15, 0.2) is 15.7 Å². The lowest BCUT2D eigenvalue weighted by molar-refractivity contribution is 0.0498. The summed E-state index contributed by atoms with van der Waals surface area (Å²) < 4.78 is 27.0. The molecule has 0 N–H and O–H groups in total. The van der Waals surface area contributed by atoms with Crippen molar-refractivity contribution in [1.82, 2.24) is 0 Å². The summed E-state index contributed by atoms with van der Waals surface area (Å²) >= 11 is 0.911. The van der Waals surface area contributed by atoms with Crippen LogP contribution in [-0.4, -0.2) is 21.0 Å². The number of hydrogen-bond donors (Lipinski definition) is 0. The molecule has 0 bridgehead atoms. The average molecular weight is 311 g/mol. The van der Waals surface area contributed by atoms with Gasteiger partial charge in [0.05, 0.1) is 12.2 Å². The van der Waals surface area contributed by atoms with E-state index in [9.17, 15) is 13.2 Å². The van der Waals surface area contributed by atoms with Crippen molar-refractivity contribution < 1.29 is 17.9 Å². The third-order valence-corrected chi connectivity index (χ3v) is 5.32. The Hall–Kier alpha value is -0.590. The highest BCUT2D eigenvalue weighted by atomic mass is 35.7. The van der Waals surface area contributed by atoms with E-state index in [4.69, 9.17) is 15.4 Å². The Balaban J connectivity index is 2.45. The molecule has 0 saturated carbocycles. The summed E-state index contributed by atoms with van der Waals surface area (Å²) in [5.41, 5.74) is 0.231. The van der Waals surface area contributed by atoms with Crippen LogP contribution in [0.4, 0.5) is 0 Å². The summed E-state index contributed by atoms with van der Waals surface area (Å²) in [7, 11) is 1.40. The number of unbranched alkanes of at least 4 members (excludes halogenated alkanes) is 3. The molecule has 0 spiro atoms. The zero-order chi connectivity index (χ0) is 13.6.